The van der Waals surface area contributed by atoms with Gasteiger partial charge in [-0.05, 0) is 81.3 Å². The number of hydrogen-bond donors (Lipinski definition) is 2. The molecule has 10 heteroatoms. The molecule has 1 amide bonds. The Hall–Kier alpha value is -3.76. The average molecular weight is 540 g/mol. The number of anilines is 2. The number of carbonyl (C=O) groups is 1. The molecule has 1 saturated heterocycles. The van der Waals surface area contributed by atoms with Crippen molar-refractivity contribution in [3.05, 3.63) is 64.5 Å². The van der Waals surface area contributed by atoms with Crippen LogP contribution in [0.2, 0.25) is 0 Å². The summed E-state index contributed by atoms with van der Waals surface area (Å²) >= 11 is 0. The molecule has 1 aliphatic carbocycles. The fourth-order valence-corrected chi connectivity index (χ4v) is 5.24. The third-order valence-electron chi connectivity index (χ3n) is 7.47. The number of nitrogens with zero attached hydrogens (tertiary/aromatic N) is 3. The lowest BCUT2D eigenvalue weighted by Crippen LogP contribution is -2.44. The van der Waals surface area contributed by atoms with Crippen LogP contribution in [0.1, 0.15) is 55.2 Å². The molecule has 0 aromatic heterocycles. The highest BCUT2D eigenvalue weighted by atomic mass is 19.4. The number of amides is 1. The molecular weight excluding hydrogens is 507 g/mol. The van der Waals surface area contributed by atoms with Gasteiger partial charge in [-0.2, -0.15) is 18.4 Å². The van der Waals surface area contributed by atoms with Gasteiger partial charge in [0.2, 0.25) is 5.91 Å². The van der Waals surface area contributed by atoms with Gasteiger partial charge in [0.05, 0.1) is 29.9 Å². The van der Waals surface area contributed by atoms with E-state index >= 15 is 0 Å². The predicted octanol–water partition coefficient (Wildman–Crippen LogP) is 6.28. The first-order chi connectivity index (χ1) is 18.7. The van der Waals surface area contributed by atoms with Crippen LogP contribution in [-0.2, 0) is 15.7 Å². The van der Waals surface area contributed by atoms with Gasteiger partial charge < -0.3 is 20.3 Å². The highest BCUT2D eigenvalue weighted by molar-refractivity contribution is 5.77. The lowest BCUT2D eigenvalue weighted by molar-refractivity contribution is -0.140. The Morgan fingerprint density at radius 1 is 1.05 bits per heavy atom. The molecule has 7 nitrogen and oxygen atoms in total. The third-order valence-corrected chi connectivity index (χ3v) is 7.47. The van der Waals surface area contributed by atoms with E-state index in [0.717, 1.165) is 30.2 Å². The number of ether oxygens (including phenoxy) is 1. The third kappa shape index (κ3) is 7.42. The minimum atomic E-state index is -4.59. The van der Waals surface area contributed by atoms with Crippen molar-refractivity contribution < 1.29 is 22.7 Å². The summed E-state index contributed by atoms with van der Waals surface area (Å²) in [6.07, 6.45) is -0.121. The average Bonchev–Trinajstić information content (AvgIpc) is 2.92. The van der Waals surface area contributed by atoms with Crippen LogP contribution in [0.15, 0.2) is 36.4 Å². The molecule has 206 valence electrons. The lowest BCUT2D eigenvalue weighted by atomic mass is 9.92. The van der Waals surface area contributed by atoms with Crippen molar-refractivity contribution in [3.63, 3.8) is 0 Å². The van der Waals surface area contributed by atoms with Crippen LogP contribution in [0.3, 0.4) is 0 Å². The van der Waals surface area contributed by atoms with Gasteiger partial charge in [-0.1, -0.05) is 6.07 Å². The van der Waals surface area contributed by atoms with Crippen LogP contribution < -0.4 is 10.6 Å². The van der Waals surface area contributed by atoms with Gasteiger partial charge in [0.1, 0.15) is 6.61 Å². The molecule has 2 fully saturated rings. The highest BCUT2D eigenvalue weighted by Gasteiger charge is 2.34. The topological polar surface area (TPSA) is 81.8 Å². The van der Waals surface area contributed by atoms with E-state index in [1.165, 1.54) is 12.1 Å². The second kappa shape index (κ2) is 12.4. The number of aryl methyl sites for hydroxylation is 1. The summed E-state index contributed by atoms with van der Waals surface area (Å²) in [5, 5.41) is 15.6. The van der Waals surface area contributed by atoms with E-state index in [1.54, 1.807) is 6.07 Å². The number of alkyl halides is 3. The summed E-state index contributed by atoms with van der Waals surface area (Å²) in [6, 6.07) is 11.3. The SMILES string of the molecule is [C-]#[N+]c1ccc(NC2CCN(C(=O)COC3CCC(Nc4ccc(C#N)c(C(F)(F)F)c4)CC3)CC2)cc1C. The van der Waals surface area contributed by atoms with Crippen molar-refractivity contribution in [1.29, 1.82) is 5.26 Å². The second-order valence-corrected chi connectivity index (χ2v) is 10.2. The van der Waals surface area contributed by atoms with Crippen LogP contribution in [0.4, 0.5) is 30.2 Å². The zero-order chi connectivity index (χ0) is 28.0. The molecule has 2 aliphatic rings. The first-order valence-corrected chi connectivity index (χ1v) is 13.2. The standard InChI is InChI=1S/C29H32F3N5O2/c1-19-15-23(7-10-27(19)34-2)36-22-11-13-37(14-12-22)28(38)18-39-25-8-5-21(6-9-25)35-24-4-3-20(17-33)26(16-24)29(30,31)32/h3-4,7,10,15-16,21-22,25,35-36H,5-6,8-9,11-14,18H2,1H3. The van der Waals surface area contributed by atoms with Crippen molar-refractivity contribution >= 4 is 23.0 Å². The molecule has 39 heavy (non-hydrogen) atoms. The van der Waals surface area contributed by atoms with E-state index in [9.17, 15) is 18.0 Å². The van der Waals surface area contributed by atoms with Gasteiger partial charge in [0, 0.05) is 36.5 Å². The summed E-state index contributed by atoms with van der Waals surface area (Å²) in [7, 11) is 0. The number of piperidine rings is 1. The number of likely N-dealkylation sites (tertiary alicyclic amines) is 1. The molecule has 2 aromatic rings. The molecule has 0 radical (unpaired) electrons. The summed E-state index contributed by atoms with van der Waals surface area (Å²) in [5.74, 6) is -0.0248. The zero-order valence-electron chi connectivity index (χ0n) is 21.9. The molecule has 1 heterocycles. The largest absolute Gasteiger partial charge is 0.417 e. The molecule has 0 spiro atoms. The quantitative estimate of drug-likeness (QED) is 0.405. The number of nitriles is 1. The van der Waals surface area contributed by atoms with E-state index in [-0.39, 0.29) is 30.7 Å². The maximum absolute atomic E-state index is 13.2. The second-order valence-electron chi connectivity index (χ2n) is 10.2. The molecule has 2 aromatic carbocycles. The molecule has 1 saturated carbocycles. The zero-order valence-corrected chi connectivity index (χ0v) is 21.9. The van der Waals surface area contributed by atoms with E-state index in [2.05, 4.69) is 15.5 Å². The van der Waals surface area contributed by atoms with Gasteiger partial charge in [-0.25, -0.2) is 4.85 Å². The van der Waals surface area contributed by atoms with Crippen LogP contribution >= 0.6 is 0 Å². The Balaban J connectivity index is 1.17. The molecular formula is C29H32F3N5O2. The fraction of sp³-hybridized carbons (Fsp3) is 0.483. The monoisotopic (exact) mass is 539 g/mol. The van der Waals surface area contributed by atoms with Crippen LogP contribution in [-0.4, -0.2) is 48.7 Å². The van der Waals surface area contributed by atoms with Gasteiger partial charge in [-0.15, -0.1) is 0 Å². The first-order valence-electron chi connectivity index (χ1n) is 13.2. The van der Waals surface area contributed by atoms with E-state index < -0.39 is 17.3 Å². The predicted molar refractivity (Wildman–Crippen MR) is 142 cm³/mol. The Morgan fingerprint density at radius 3 is 2.26 bits per heavy atom. The number of nitrogens with one attached hydrogen (secondary N) is 2. The molecule has 0 bridgehead atoms. The fourth-order valence-electron chi connectivity index (χ4n) is 5.24. The van der Waals surface area contributed by atoms with E-state index in [4.69, 9.17) is 16.6 Å². The van der Waals surface area contributed by atoms with Crippen molar-refractivity contribution in [2.75, 3.05) is 30.3 Å². The molecule has 4 rings (SSSR count). The number of rotatable bonds is 7. The maximum Gasteiger partial charge on any atom is 0.417 e. The Morgan fingerprint density at radius 2 is 1.67 bits per heavy atom. The molecule has 0 atom stereocenters. The molecule has 2 N–H and O–H groups in total. The minimum absolute atomic E-state index is 0.00227. The first kappa shape index (κ1) is 28.3. The highest BCUT2D eigenvalue weighted by Crippen LogP contribution is 2.34. The normalized spacial score (nSPS) is 20.1. The van der Waals surface area contributed by atoms with Gasteiger partial charge in [0.15, 0.2) is 5.69 Å². The maximum atomic E-state index is 13.2. The van der Waals surface area contributed by atoms with Gasteiger partial charge in [0.25, 0.3) is 0 Å². The summed E-state index contributed by atoms with van der Waals surface area (Å²) in [5.41, 5.74) is 1.59. The minimum Gasteiger partial charge on any atom is -0.382 e. The number of benzene rings is 2. The van der Waals surface area contributed by atoms with E-state index in [0.29, 0.717) is 50.1 Å². The van der Waals surface area contributed by atoms with Gasteiger partial charge in [-0.3, -0.25) is 4.79 Å². The number of hydrogen-bond acceptors (Lipinski definition) is 5. The van der Waals surface area contributed by atoms with Crippen LogP contribution in [0.5, 0.6) is 0 Å². The Labute approximate surface area is 226 Å². The van der Waals surface area contributed by atoms with Crippen molar-refractivity contribution in [1.82, 2.24) is 4.90 Å². The summed E-state index contributed by atoms with van der Waals surface area (Å²) in [6.45, 7) is 10.4. The smallest absolute Gasteiger partial charge is 0.382 e. The summed E-state index contributed by atoms with van der Waals surface area (Å²) < 4.78 is 45.6. The Kier molecular flexibility index (Phi) is 8.98. The lowest BCUT2D eigenvalue weighted by Gasteiger charge is -2.34. The molecule has 1 aliphatic heterocycles. The number of halogens is 3. The van der Waals surface area contributed by atoms with E-state index in [1.807, 2.05) is 30.0 Å². The van der Waals surface area contributed by atoms with Crippen LogP contribution in [0, 0.1) is 24.8 Å². The number of carbonyl (C=O) groups excluding carboxylic acids is 1. The molecule has 0 unspecified atom stereocenters. The van der Waals surface area contributed by atoms with Crippen LogP contribution in [0.25, 0.3) is 4.85 Å². The van der Waals surface area contributed by atoms with Crippen molar-refractivity contribution in [3.8, 4) is 6.07 Å². The summed E-state index contributed by atoms with van der Waals surface area (Å²) in [4.78, 5) is 18.0. The Bertz CT molecular complexity index is 1250. The van der Waals surface area contributed by atoms with Crippen molar-refractivity contribution in [2.45, 2.75) is 69.8 Å². The van der Waals surface area contributed by atoms with Crippen molar-refractivity contribution in [2.24, 2.45) is 0 Å². The van der Waals surface area contributed by atoms with Gasteiger partial charge >= 0.3 is 6.18 Å².